The molecule has 0 radical (unpaired) electrons. The molecule has 0 heterocycles. The maximum Gasteiger partial charge on any atom is 0.0316 e. The van der Waals surface area contributed by atoms with Crippen molar-refractivity contribution in [2.24, 2.45) is 0 Å². The van der Waals surface area contributed by atoms with Gasteiger partial charge in [0.1, 0.15) is 0 Å². The molecule has 0 aliphatic heterocycles. The molecule has 2 heteroatoms. The summed E-state index contributed by atoms with van der Waals surface area (Å²) in [5.74, 6) is 0. The minimum Gasteiger partial charge on any atom is -0.399 e. The van der Waals surface area contributed by atoms with Crippen LogP contribution in [0.5, 0.6) is 0 Å². The Morgan fingerprint density at radius 2 is 1.84 bits per heavy atom. The van der Waals surface area contributed by atoms with E-state index in [1.807, 2.05) is 6.07 Å². The highest BCUT2D eigenvalue weighted by molar-refractivity contribution is 5.40. The van der Waals surface area contributed by atoms with E-state index < -0.39 is 0 Å². The fraction of sp³-hybridized carbons (Fsp3) is 0.647. The summed E-state index contributed by atoms with van der Waals surface area (Å²) < 4.78 is 0. The van der Waals surface area contributed by atoms with Crippen LogP contribution in [0.3, 0.4) is 0 Å². The third-order valence-electron chi connectivity index (χ3n) is 4.13. The molecule has 2 rings (SSSR count). The standard InChI is InChI=1S/C17H28N2/c18-16-10-7-9-15(14-16)8-5-6-13-19-17-11-3-1-2-4-12-17/h7,9-10,14,17,19H,1-6,8,11-13,18H2. The molecule has 3 N–H and O–H groups in total. The van der Waals surface area contributed by atoms with Crippen molar-refractivity contribution in [3.05, 3.63) is 29.8 Å². The summed E-state index contributed by atoms with van der Waals surface area (Å²) in [6.07, 6.45) is 12.2. The van der Waals surface area contributed by atoms with E-state index in [1.165, 1.54) is 63.5 Å². The fourth-order valence-corrected chi connectivity index (χ4v) is 2.99. The smallest absolute Gasteiger partial charge is 0.0316 e. The zero-order valence-electron chi connectivity index (χ0n) is 12.0. The lowest BCUT2D eigenvalue weighted by molar-refractivity contribution is 0.452. The Morgan fingerprint density at radius 3 is 2.58 bits per heavy atom. The Bertz CT molecular complexity index is 354. The van der Waals surface area contributed by atoms with Crippen molar-refractivity contribution in [1.29, 1.82) is 0 Å². The molecule has 0 spiro atoms. The van der Waals surface area contributed by atoms with Crippen LogP contribution in [-0.4, -0.2) is 12.6 Å². The Labute approximate surface area is 117 Å². The molecule has 1 aliphatic carbocycles. The van der Waals surface area contributed by atoms with Gasteiger partial charge in [-0.25, -0.2) is 0 Å². The third kappa shape index (κ3) is 5.65. The van der Waals surface area contributed by atoms with Crippen molar-refractivity contribution >= 4 is 5.69 Å². The number of hydrogen-bond acceptors (Lipinski definition) is 2. The van der Waals surface area contributed by atoms with Crippen molar-refractivity contribution in [3.63, 3.8) is 0 Å². The van der Waals surface area contributed by atoms with Crippen LogP contribution < -0.4 is 11.1 Å². The first-order chi connectivity index (χ1) is 9.34. The van der Waals surface area contributed by atoms with Gasteiger partial charge in [-0.15, -0.1) is 0 Å². The molecule has 1 fully saturated rings. The van der Waals surface area contributed by atoms with Crippen molar-refractivity contribution in [1.82, 2.24) is 5.32 Å². The average Bonchev–Trinajstić information content (AvgIpc) is 2.67. The maximum atomic E-state index is 5.79. The molecule has 106 valence electrons. The van der Waals surface area contributed by atoms with E-state index in [2.05, 4.69) is 23.5 Å². The Balaban J connectivity index is 1.56. The van der Waals surface area contributed by atoms with E-state index in [0.29, 0.717) is 0 Å². The number of nitrogens with two attached hydrogens (primary N) is 1. The molecular weight excluding hydrogens is 232 g/mol. The van der Waals surface area contributed by atoms with Crippen LogP contribution in [-0.2, 0) is 6.42 Å². The summed E-state index contributed by atoms with van der Waals surface area (Å²) in [7, 11) is 0. The predicted octanol–water partition coefficient (Wildman–Crippen LogP) is 3.90. The first kappa shape index (κ1) is 14.4. The number of anilines is 1. The van der Waals surface area contributed by atoms with Crippen LogP contribution in [0, 0.1) is 0 Å². The third-order valence-corrected chi connectivity index (χ3v) is 4.13. The molecule has 1 aliphatic rings. The molecule has 1 aromatic rings. The second-order valence-corrected chi connectivity index (χ2v) is 5.84. The average molecular weight is 260 g/mol. The maximum absolute atomic E-state index is 5.79. The van der Waals surface area contributed by atoms with Crippen molar-refractivity contribution in [3.8, 4) is 0 Å². The molecule has 0 bridgehead atoms. The molecule has 2 nitrogen and oxygen atoms in total. The van der Waals surface area contributed by atoms with Gasteiger partial charge < -0.3 is 11.1 Å². The highest BCUT2D eigenvalue weighted by atomic mass is 14.9. The molecule has 1 saturated carbocycles. The van der Waals surface area contributed by atoms with Gasteiger partial charge in [-0.3, -0.25) is 0 Å². The first-order valence-corrected chi connectivity index (χ1v) is 7.92. The van der Waals surface area contributed by atoms with Gasteiger partial charge in [0.2, 0.25) is 0 Å². The predicted molar refractivity (Wildman–Crippen MR) is 83.3 cm³/mol. The monoisotopic (exact) mass is 260 g/mol. The lowest BCUT2D eigenvalue weighted by Gasteiger charge is -2.15. The van der Waals surface area contributed by atoms with Crippen LogP contribution in [0.15, 0.2) is 24.3 Å². The van der Waals surface area contributed by atoms with Gasteiger partial charge in [0, 0.05) is 11.7 Å². The largest absolute Gasteiger partial charge is 0.399 e. The lowest BCUT2D eigenvalue weighted by atomic mass is 10.1. The van der Waals surface area contributed by atoms with Crippen molar-refractivity contribution in [2.45, 2.75) is 63.8 Å². The summed E-state index contributed by atoms with van der Waals surface area (Å²) in [5, 5.41) is 3.73. The topological polar surface area (TPSA) is 38.0 Å². The summed E-state index contributed by atoms with van der Waals surface area (Å²) >= 11 is 0. The summed E-state index contributed by atoms with van der Waals surface area (Å²) in [4.78, 5) is 0. The quantitative estimate of drug-likeness (QED) is 0.462. The van der Waals surface area contributed by atoms with Crippen LogP contribution in [0.4, 0.5) is 5.69 Å². The van der Waals surface area contributed by atoms with E-state index in [4.69, 9.17) is 5.73 Å². The van der Waals surface area contributed by atoms with E-state index >= 15 is 0 Å². The van der Waals surface area contributed by atoms with E-state index in [1.54, 1.807) is 0 Å². The number of nitrogen functional groups attached to an aromatic ring is 1. The Kier molecular flexibility index (Phi) is 6.22. The second-order valence-electron chi connectivity index (χ2n) is 5.84. The van der Waals surface area contributed by atoms with Gasteiger partial charge in [0.25, 0.3) is 0 Å². The summed E-state index contributed by atoms with van der Waals surface area (Å²) in [5.41, 5.74) is 8.04. The molecule has 0 unspecified atom stereocenters. The highest BCUT2D eigenvalue weighted by Crippen LogP contribution is 2.17. The van der Waals surface area contributed by atoms with Crippen molar-refractivity contribution in [2.75, 3.05) is 12.3 Å². The molecule has 0 atom stereocenters. The van der Waals surface area contributed by atoms with Crippen molar-refractivity contribution < 1.29 is 0 Å². The van der Waals surface area contributed by atoms with Gasteiger partial charge in [0.05, 0.1) is 0 Å². The number of rotatable bonds is 6. The minimum atomic E-state index is 0.787. The van der Waals surface area contributed by atoms with Crippen LogP contribution in [0.1, 0.15) is 56.9 Å². The molecule has 0 saturated heterocycles. The Morgan fingerprint density at radius 1 is 1.05 bits per heavy atom. The number of unbranched alkanes of at least 4 members (excludes halogenated alkanes) is 1. The first-order valence-electron chi connectivity index (χ1n) is 7.92. The zero-order chi connectivity index (χ0) is 13.3. The number of nitrogens with one attached hydrogen (secondary N) is 1. The second kappa shape index (κ2) is 8.21. The number of aryl methyl sites for hydroxylation is 1. The van der Waals surface area contributed by atoms with Gasteiger partial charge in [-0.2, -0.15) is 0 Å². The summed E-state index contributed by atoms with van der Waals surface area (Å²) in [6.45, 7) is 1.17. The molecular formula is C17H28N2. The van der Waals surface area contributed by atoms with E-state index in [9.17, 15) is 0 Å². The number of hydrogen-bond donors (Lipinski definition) is 2. The van der Waals surface area contributed by atoms with Gasteiger partial charge in [-0.05, 0) is 56.3 Å². The minimum absolute atomic E-state index is 0.787. The number of benzene rings is 1. The van der Waals surface area contributed by atoms with E-state index in [0.717, 1.165) is 18.2 Å². The molecule has 19 heavy (non-hydrogen) atoms. The SMILES string of the molecule is Nc1cccc(CCCCNC2CCCCCC2)c1. The molecule has 1 aromatic carbocycles. The molecule has 0 aromatic heterocycles. The molecule has 0 amide bonds. The van der Waals surface area contributed by atoms with Crippen LogP contribution in [0.2, 0.25) is 0 Å². The fourth-order valence-electron chi connectivity index (χ4n) is 2.99. The Hall–Kier alpha value is -1.02. The van der Waals surface area contributed by atoms with Gasteiger partial charge in [-0.1, -0.05) is 37.8 Å². The zero-order valence-corrected chi connectivity index (χ0v) is 12.0. The van der Waals surface area contributed by atoms with Gasteiger partial charge in [0.15, 0.2) is 0 Å². The normalized spacial score (nSPS) is 17.3. The van der Waals surface area contributed by atoms with Crippen LogP contribution in [0.25, 0.3) is 0 Å². The van der Waals surface area contributed by atoms with E-state index in [-0.39, 0.29) is 0 Å². The van der Waals surface area contributed by atoms with Gasteiger partial charge >= 0.3 is 0 Å². The summed E-state index contributed by atoms with van der Waals surface area (Å²) in [6, 6.07) is 9.06. The highest BCUT2D eigenvalue weighted by Gasteiger charge is 2.10. The van der Waals surface area contributed by atoms with Crippen LogP contribution >= 0.6 is 0 Å². The lowest BCUT2D eigenvalue weighted by Crippen LogP contribution is -2.29.